The monoisotopic (exact) mass is 476 g/mol. The van der Waals surface area contributed by atoms with Gasteiger partial charge in [-0.05, 0) is 37.1 Å². The third-order valence-corrected chi connectivity index (χ3v) is 7.05. The third kappa shape index (κ3) is 5.50. The Balaban J connectivity index is 1.85. The number of hydrogen-bond acceptors (Lipinski definition) is 4. The second-order valence-electron chi connectivity index (χ2n) is 7.07. The van der Waals surface area contributed by atoms with E-state index in [4.69, 9.17) is 11.6 Å². The topological polar surface area (TPSA) is 66.9 Å². The van der Waals surface area contributed by atoms with Crippen LogP contribution in [0, 0.1) is 0 Å². The molecule has 1 aliphatic rings. The number of ether oxygens (including phenoxy) is 1. The second-order valence-corrected chi connectivity index (χ2v) is 9.41. The van der Waals surface area contributed by atoms with Gasteiger partial charge in [0.25, 0.3) is 5.91 Å². The maximum atomic E-state index is 12.9. The van der Waals surface area contributed by atoms with Crippen molar-refractivity contribution in [2.75, 3.05) is 20.1 Å². The lowest BCUT2D eigenvalue weighted by atomic mass is 10.1. The van der Waals surface area contributed by atoms with E-state index in [-0.39, 0.29) is 27.6 Å². The van der Waals surface area contributed by atoms with E-state index in [2.05, 4.69) is 4.74 Å². The summed E-state index contributed by atoms with van der Waals surface area (Å²) in [5.41, 5.74) is 0.0753. The molecule has 31 heavy (non-hydrogen) atoms. The van der Waals surface area contributed by atoms with Crippen LogP contribution in [0.1, 0.15) is 28.8 Å². The van der Waals surface area contributed by atoms with Crippen LogP contribution in [0.2, 0.25) is 5.02 Å². The van der Waals surface area contributed by atoms with Gasteiger partial charge in [-0.2, -0.15) is 4.31 Å². The van der Waals surface area contributed by atoms with Crippen LogP contribution in [0.3, 0.4) is 0 Å². The molecule has 0 saturated carbocycles. The molecule has 0 aliphatic carbocycles. The van der Waals surface area contributed by atoms with Crippen molar-refractivity contribution >= 4 is 27.5 Å². The highest BCUT2D eigenvalue weighted by Crippen LogP contribution is 2.29. The Labute approximate surface area is 183 Å². The Morgan fingerprint density at radius 2 is 1.81 bits per heavy atom. The molecule has 0 unspecified atom stereocenters. The summed E-state index contributed by atoms with van der Waals surface area (Å²) in [6, 6.07) is 9.32. The van der Waals surface area contributed by atoms with Gasteiger partial charge in [0.15, 0.2) is 0 Å². The smallest absolute Gasteiger partial charge is 0.405 e. The van der Waals surface area contributed by atoms with Crippen LogP contribution in [0.25, 0.3) is 0 Å². The molecule has 1 saturated heterocycles. The van der Waals surface area contributed by atoms with Gasteiger partial charge >= 0.3 is 6.36 Å². The summed E-state index contributed by atoms with van der Waals surface area (Å²) in [4.78, 5) is 14.0. The van der Waals surface area contributed by atoms with Gasteiger partial charge in [-0.1, -0.05) is 29.8 Å². The van der Waals surface area contributed by atoms with E-state index in [1.54, 1.807) is 0 Å². The van der Waals surface area contributed by atoms with Crippen molar-refractivity contribution in [2.45, 2.75) is 30.6 Å². The zero-order chi connectivity index (χ0) is 22.8. The number of nitrogens with zero attached hydrogens (tertiary/aromatic N) is 2. The number of hydrogen-bond donors (Lipinski definition) is 0. The van der Waals surface area contributed by atoms with Gasteiger partial charge in [-0.25, -0.2) is 8.42 Å². The lowest BCUT2D eigenvalue weighted by Gasteiger charge is -2.21. The molecule has 3 rings (SSSR count). The number of sulfonamides is 1. The molecule has 0 bridgehead atoms. The normalized spacial score (nSPS) is 15.1. The van der Waals surface area contributed by atoms with E-state index in [9.17, 15) is 26.4 Å². The molecule has 168 valence electrons. The summed E-state index contributed by atoms with van der Waals surface area (Å²) in [6.45, 7) is 0.610. The van der Waals surface area contributed by atoms with Crippen molar-refractivity contribution in [3.05, 3.63) is 58.6 Å². The van der Waals surface area contributed by atoms with E-state index in [1.807, 2.05) is 0 Å². The number of para-hydroxylation sites is 1. The van der Waals surface area contributed by atoms with E-state index >= 15 is 0 Å². The molecule has 0 atom stereocenters. The molecule has 2 aromatic rings. The highest BCUT2D eigenvalue weighted by atomic mass is 35.5. The molecule has 1 fully saturated rings. The minimum atomic E-state index is -4.87. The number of halogens is 4. The maximum Gasteiger partial charge on any atom is 0.573 e. The average molecular weight is 477 g/mol. The third-order valence-electron chi connectivity index (χ3n) is 4.82. The fraction of sp³-hybridized carbons (Fsp3) is 0.350. The molecule has 11 heteroatoms. The lowest BCUT2D eigenvalue weighted by Crippen LogP contribution is -2.29. The Morgan fingerprint density at radius 3 is 2.45 bits per heavy atom. The summed E-state index contributed by atoms with van der Waals surface area (Å²) in [5, 5.41) is 0.0389. The molecule has 0 spiro atoms. The predicted octanol–water partition coefficient (Wildman–Crippen LogP) is 4.30. The largest absolute Gasteiger partial charge is 0.573 e. The van der Waals surface area contributed by atoms with E-state index < -0.39 is 28.0 Å². The molecule has 1 aliphatic heterocycles. The molecule has 1 heterocycles. The first-order valence-corrected chi connectivity index (χ1v) is 11.2. The summed E-state index contributed by atoms with van der Waals surface area (Å²) < 4.78 is 68.9. The predicted molar refractivity (Wildman–Crippen MR) is 108 cm³/mol. The van der Waals surface area contributed by atoms with Gasteiger partial charge in [0.05, 0.1) is 15.5 Å². The first-order chi connectivity index (χ1) is 14.5. The van der Waals surface area contributed by atoms with E-state index in [0.29, 0.717) is 13.1 Å². The Bertz CT molecular complexity index is 1070. The number of benzene rings is 2. The van der Waals surface area contributed by atoms with Crippen LogP contribution in [0.4, 0.5) is 13.2 Å². The molecule has 2 aromatic carbocycles. The number of alkyl halides is 3. The molecule has 0 radical (unpaired) electrons. The maximum absolute atomic E-state index is 12.9. The van der Waals surface area contributed by atoms with Crippen molar-refractivity contribution < 1.29 is 31.1 Å². The van der Waals surface area contributed by atoms with Crippen LogP contribution in [-0.2, 0) is 16.6 Å². The highest BCUT2D eigenvalue weighted by Gasteiger charge is 2.32. The highest BCUT2D eigenvalue weighted by molar-refractivity contribution is 7.89. The molecular formula is C20H20ClF3N2O4S. The summed E-state index contributed by atoms with van der Waals surface area (Å²) in [6.07, 6.45) is -3.35. The summed E-state index contributed by atoms with van der Waals surface area (Å²) in [5.74, 6) is -1.06. The van der Waals surface area contributed by atoms with Gasteiger partial charge in [-0.15, -0.1) is 13.2 Å². The number of carbonyl (C=O) groups is 1. The minimum Gasteiger partial charge on any atom is -0.405 e. The van der Waals surface area contributed by atoms with Crippen molar-refractivity contribution in [3.8, 4) is 5.75 Å². The van der Waals surface area contributed by atoms with Gasteiger partial charge in [-0.3, -0.25) is 4.79 Å². The number of rotatable bonds is 6. The molecule has 6 nitrogen and oxygen atoms in total. The first kappa shape index (κ1) is 23.4. The quantitative estimate of drug-likeness (QED) is 0.623. The average Bonchev–Trinajstić information content (AvgIpc) is 3.24. The van der Waals surface area contributed by atoms with Crippen LogP contribution in [-0.4, -0.2) is 50.0 Å². The zero-order valence-electron chi connectivity index (χ0n) is 16.5. The van der Waals surface area contributed by atoms with Crippen molar-refractivity contribution in [2.24, 2.45) is 0 Å². The van der Waals surface area contributed by atoms with Gasteiger partial charge < -0.3 is 9.64 Å². The number of amides is 1. The fourth-order valence-corrected chi connectivity index (χ4v) is 5.04. The SMILES string of the molecule is CN(Cc1ccccc1OC(F)(F)F)C(=O)c1cc(S(=O)(=O)N2CCCC2)ccc1Cl. The van der Waals surface area contributed by atoms with Crippen LogP contribution in [0.15, 0.2) is 47.4 Å². The summed E-state index contributed by atoms with van der Waals surface area (Å²) in [7, 11) is -2.38. The second kappa shape index (κ2) is 9.05. The Morgan fingerprint density at radius 1 is 1.16 bits per heavy atom. The van der Waals surface area contributed by atoms with Crippen LogP contribution >= 0.6 is 11.6 Å². The Kier molecular flexibility index (Phi) is 6.82. The van der Waals surface area contributed by atoms with E-state index in [0.717, 1.165) is 23.8 Å². The van der Waals surface area contributed by atoms with Gasteiger partial charge in [0.2, 0.25) is 10.0 Å². The van der Waals surface area contributed by atoms with Gasteiger partial charge in [0.1, 0.15) is 5.75 Å². The molecule has 0 aromatic heterocycles. The van der Waals surface area contributed by atoms with Crippen molar-refractivity contribution in [1.29, 1.82) is 0 Å². The number of carbonyl (C=O) groups excluding carboxylic acids is 1. The zero-order valence-corrected chi connectivity index (χ0v) is 18.1. The molecule has 1 amide bonds. The van der Waals surface area contributed by atoms with Crippen molar-refractivity contribution in [1.82, 2.24) is 9.21 Å². The van der Waals surface area contributed by atoms with Crippen LogP contribution < -0.4 is 4.74 Å². The summed E-state index contributed by atoms with van der Waals surface area (Å²) >= 11 is 6.14. The lowest BCUT2D eigenvalue weighted by molar-refractivity contribution is -0.275. The molecule has 0 N–H and O–H groups in total. The van der Waals surface area contributed by atoms with Crippen molar-refractivity contribution in [3.63, 3.8) is 0 Å². The first-order valence-electron chi connectivity index (χ1n) is 9.38. The van der Waals surface area contributed by atoms with Gasteiger partial charge in [0, 0.05) is 32.2 Å². The fourth-order valence-electron chi connectivity index (χ4n) is 3.30. The Hall–Kier alpha value is -2.30. The standard InChI is InChI=1S/C20H20ClF3N2O4S/c1-25(13-14-6-2-3-7-18(14)30-20(22,23)24)19(27)16-12-15(8-9-17(16)21)31(28,29)26-10-4-5-11-26/h2-3,6-9,12H,4-5,10-11,13H2,1H3. The van der Waals surface area contributed by atoms with Crippen LogP contribution in [0.5, 0.6) is 5.75 Å². The minimum absolute atomic E-state index is 0.0389. The van der Waals surface area contributed by atoms with E-state index in [1.165, 1.54) is 47.8 Å². The molecular weight excluding hydrogens is 457 g/mol.